The average Bonchev–Trinajstić information content (AvgIpc) is 2.80. The monoisotopic (exact) mass is 317 g/mol. The number of aryl methyl sites for hydroxylation is 1. The van der Waals surface area contributed by atoms with Crippen molar-refractivity contribution in [3.05, 3.63) is 11.3 Å². The van der Waals surface area contributed by atoms with Crippen LogP contribution in [-0.4, -0.2) is 70.0 Å². The van der Waals surface area contributed by atoms with Crippen molar-refractivity contribution in [3.63, 3.8) is 0 Å². The maximum atomic E-state index is 12.4. The van der Waals surface area contributed by atoms with E-state index in [1.807, 2.05) is 7.05 Å². The van der Waals surface area contributed by atoms with Gasteiger partial charge in [0.2, 0.25) is 0 Å². The topological polar surface area (TPSA) is 99.3 Å². The van der Waals surface area contributed by atoms with Gasteiger partial charge < -0.3 is 15.0 Å². The number of likely N-dealkylation sites (N-methyl/N-ethyl adjacent to an activating group) is 1. The van der Waals surface area contributed by atoms with Gasteiger partial charge in [-0.2, -0.15) is 5.10 Å². The number of rotatable bonds is 6. The number of H-pyrrole nitrogens is 1. The molecule has 2 rings (SSSR count). The van der Waals surface area contributed by atoms with E-state index in [-0.39, 0.29) is 17.7 Å². The minimum Gasteiger partial charge on any atom is -0.374 e. The van der Waals surface area contributed by atoms with Gasteiger partial charge in [-0.25, -0.2) is 13.1 Å². The maximum absolute atomic E-state index is 12.4. The Labute approximate surface area is 125 Å². The Morgan fingerprint density at radius 3 is 2.95 bits per heavy atom. The molecule has 21 heavy (non-hydrogen) atoms. The molecule has 0 saturated carbocycles. The molecule has 8 nitrogen and oxygen atoms in total. The highest BCUT2D eigenvalue weighted by molar-refractivity contribution is 7.89. The van der Waals surface area contributed by atoms with Crippen molar-refractivity contribution < 1.29 is 13.2 Å². The number of sulfonamides is 1. The van der Waals surface area contributed by atoms with E-state index in [0.717, 1.165) is 12.2 Å². The Balaban J connectivity index is 2.04. The number of nitrogens with zero attached hydrogens (tertiary/aromatic N) is 2. The maximum Gasteiger partial charge on any atom is 0.260 e. The third-order valence-electron chi connectivity index (χ3n) is 3.49. The molecule has 1 fully saturated rings. The fourth-order valence-corrected chi connectivity index (χ4v) is 3.56. The molecule has 0 bridgehead atoms. The van der Waals surface area contributed by atoms with Gasteiger partial charge in [0.15, 0.2) is 5.03 Å². The Morgan fingerprint density at radius 2 is 2.29 bits per heavy atom. The standard InChI is InChI=1S/C12H23N5O3S/c1-9-11(7-13-2)12(16-15-9)21(18,19)14-6-10-8-17(3)4-5-20-10/h10,13-14H,4-8H2,1-3H3,(H,15,16). The molecule has 1 aliphatic rings. The summed E-state index contributed by atoms with van der Waals surface area (Å²) in [4.78, 5) is 2.12. The van der Waals surface area contributed by atoms with Gasteiger partial charge in [0.1, 0.15) is 0 Å². The van der Waals surface area contributed by atoms with Crippen LogP contribution in [0.4, 0.5) is 0 Å². The zero-order valence-corrected chi connectivity index (χ0v) is 13.5. The molecular formula is C12H23N5O3S. The van der Waals surface area contributed by atoms with Crippen LogP contribution in [-0.2, 0) is 21.3 Å². The van der Waals surface area contributed by atoms with Gasteiger partial charge in [-0.1, -0.05) is 0 Å². The highest BCUT2D eigenvalue weighted by Gasteiger charge is 2.26. The molecule has 1 aliphatic heterocycles. The Bertz CT molecular complexity index is 571. The summed E-state index contributed by atoms with van der Waals surface area (Å²) >= 11 is 0. The molecule has 0 aliphatic carbocycles. The molecule has 3 N–H and O–H groups in total. The van der Waals surface area contributed by atoms with Crippen LogP contribution < -0.4 is 10.0 Å². The molecule has 1 atom stereocenters. The second-order valence-corrected chi connectivity index (χ2v) is 6.95. The lowest BCUT2D eigenvalue weighted by Gasteiger charge is -2.29. The fourth-order valence-electron chi connectivity index (χ4n) is 2.30. The van der Waals surface area contributed by atoms with Gasteiger partial charge in [-0.15, -0.1) is 0 Å². The third kappa shape index (κ3) is 4.01. The molecule has 1 aromatic rings. The smallest absolute Gasteiger partial charge is 0.260 e. The molecular weight excluding hydrogens is 294 g/mol. The first-order valence-electron chi connectivity index (χ1n) is 6.92. The number of hydrogen-bond donors (Lipinski definition) is 3. The molecule has 120 valence electrons. The number of morpholine rings is 1. The van der Waals surface area contributed by atoms with E-state index < -0.39 is 10.0 Å². The number of aromatic amines is 1. The highest BCUT2D eigenvalue weighted by Crippen LogP contribution is 2.16. The lowest BCUT2D eigenvalue weighted by molar-refractivity contribution is -0.0156. The van der Waals surface area contributed by atoms with E-state index >= 15 is 0 Å². The summed E-state index contributed by atoms with van der Waals surface area (Å²) in [7, 11) is 0.118. The first-order valence-corrected chi connectivity index (χ1v) is 8.40. The summed E-state index contributed by atoms with van der Waals surface area (Å²) in [5, 5.41) is 9.65. The van der Waals surface area contributed by atoms with Crippen LogP contribution in [0.15, 0.2) is 5.03 Å². The van der Waals surface area contributed by atoms with Crippen LogP contribution in [0, 0.1) is 6.92 Å². The van der Waals surface area contributed by atoms with Crippen LogP contribution >= 0.6 is 0 Å². The van der Waals surface area contributed by atoms with Gasteiger partial charge >= 0.3 is 0 Å². The van der Waals surface area contributed by atoms with E-state index in [1.54, 1.807) is 14.0 Å². The van der Waals surface area contributed by atoms with E-state index in [0.29, 0.717) is 25.3 Å². The van der Waals surface area contributed by atoms with Crippen molar-refractivity contribution in [1.82, 2.24) is 25.1 Å². The van der Waals surface area contributed by atoms with Crippen molar-refractivity contribution in [2.75, 3.05) is 40.3 Å². The largest absolute Gasteiger partial charge is 0.374 e. The van der Waals surface area contributed by atoms with Crippen molar-refractivity contribution in [1.29, 1.82) is 0 Å². The van der Waals surface area contributed by atoms with Crippen LogP contribution in [0.1, 0.15) is 11.3 Å². The van der Waals surface area contributed by atoms with Gasteiger partial charge in [0.05, 0.1) is 12.7 Å². The molecule has 1 aromatic heterocycles. The average molecular weight is 317 g/mol. The van der Waals surface area contributed by atoms with Crippen molar-refractivity contribution in [2.24, 2.45) is 0 Å². The summed E-state index contributed by atoms with van der Waals surface area (Å²) in [6, 6.07) is 0. The summed E-state index contributed by atoms with van der Waals surface area (Å²) < 4.78 is 32.9. The number of nitrogens with one attached hydrogen (secondary N) is 3. The molecule has 2 heterocycles. The van der Waals surface area contributed by atoms with Gasteiger partial charge in [0, 0.05) is 37.4 Å². The minimum atomic E-state index is -3.64. The highest BCUT2D eigenvalue weighted by atomic mass is 32.2. The predicted molar refractivity (Wildman–Crippen MR) is 78.5 cm³/mol. The normalized spacial score (nSPS) is 20.8. The Hall–Kier alpha value is -1.00. The van der Waals surface area contributed by atoms with Gasteiger partial charge in [-0.05, 0) is 21.0 Å². The third-order valence-corrected chi connectivity index (χ3v) is 4.88. The molecule has 1 saturated heterocycles. The number of hydrogen-bond acceptors (Lipinski definition) is 6. The van der Waals surface area contributed by atoms with Gasteiger partial charge in [0.25, 0.3) is 10.0 Å². The van der Waals surface area contributed by atoms with E-state index in [9.17, 15) is 8.42 Å². The molecule has 0 spiro atoms. The predicted octanol–water partition coefficient (Wildman–Crippen LogP) is -0.954. The van der Waals surface area contributed by atoms with Crippen LogP contribution in [0.5, 0.6) is 0 Å². The number of ether oxygens (including phenoxy) is 1. The van der Waals surface area contributed by atoms with Crippen LogP contribution in [0.2, 0.25) is 0 Å². The van der Waals surface area contributed by atoms with E-state index in [2.05, 4.69) is 25.1 Å². The second kappa shape index (κ2) is 6.84. The second-order valence-electron chi connectivity index (χ2n) is 5.27. The lowest BCUT2D eigenvalue weighted by Crippen LogP contribution is -2.46. The first-order chi connectivity index (χ1) is 9.94. The zero-order valence-electron chi connectivity index (χ0n) is 12.6. The lowest BCUT2D eigenvalue weighted by atomic mass is 10.3. The quantitative estimate of drug-likeness (QED) is 0.625. The summed E-state index contributed by atoms with van der Waals surface area (Å²) in [5.74, 6) is 0. The molecule has 0 amide bonds. The van der Waals surface area contributed by atoms with Gasteiger partial charge in [-0.3, -0.25) is 5.10 Å². The zero-order chi connectivity index (χ0) is 15.5. The SMILES string of the molecule is CNCc1c(S(=O)(=O)NCC2CN(C)CCO2)n[nH]c1C. The summed E-state index contributed by atoms with van der Waals surface area (Å²) in [6.45, 7) is 4.70. The molecule has 9 heteroatoms. The Morgan fingerprint density at radius 1 is 1.52 bits per heavy atom. The Kier molecular flexibility index (Phi) is 5.33. The summed E-state index contributed by atoms with van der Waals surface area (Å²) in [6.07, 6.45) is -0.133. The molecule has 0 radical (unpaired) electrons. The number of aromatic nitrogens is 2. The van der Waals surface area contributed by atoms with Crippen molar-refractivity contribution >= 4 is 10.0 Å². The minimum absolute atomic E-state index is 0.0542. The van der Waals surface area contributed by atoms with Crippen molar-refractivity contribution in [3.8, 4) is 0 Å². The first kappa shape index (κ1) is 16.4. The van der Waals surface area contributed by atoms with E-state index in [4.69, 9.17) is 4.74 Å². The molecule has 0 aromatic carbocycles. The van der Waals surface area contributed by atoms with Crippen LogP contribution in [0.25, 0.3) is 0 Å². The van der Waals surface area contributed by atoms with Crippen molar-refractivity contribution in [2.45, 2.75) is 24.6 Å². The summed E-state index contributed by atoms with van der Waals surface area (Å²) in [5.41, 5.74) is 1.41. The van der Waals surface area contributed by atoms with E-state index in [1.165, 1.54) is 0 Å². The molecule has 1 unspecified atom stereocenters. The fraction of sp³-hybridized carbons (Fsp3) is 0.750. The van der Waals surface area contributed by atoms with Crippen LogP contribution in [0.3, 0.4) is 0 Å².